The van der Waals surface area contributed by atoms with Crippen molar-refractivity contribution in [1.29, 1.82) is 0 Å². The quantitative estimate of drug-likeness (QED) is 0.609. The van der Waals surface area contributed by atoms with Crippen molar-refractivity contribution in [3.05, 3.63) is 28.7 Å². The predicted octanol–water partition coefficient (Wildman–Crippen LogP) is 2.92. The number of nitrogens with zero attached hydrogens (tertiary/aromatic N) is 1. The molecule has 7 nitrogen and oxygen atoms in total. The van der Waals surface area contributed by atoms with Crippen LogP contribution in [0.5, 0.6) is 0 Å². The van der Waals surface area contributed by atoms with Crippen LogP contribution in [-0.4, -0.2) is 47.0 Å². The zero-order chi connectivity index (χ0) is 19.0. The SMILES string of the molecule is CCN(CC(=O)O)C(=O)[C@H](CC(C)C)NC(=O)Nc1ccc(Br)cc1. The Morgan fingerprint density at radius 1 is 1.20 bits per heavy atom. The third-order valence-corrected chi connectivity index (χ3v) is 3.96. The van der Waals surface area contributed by atoms with Crippen molar-refractivity contribution in [1.82, 2.24) is 10.2 Å². The van der Waals surface area contributed by atoms with Crippen LogP contribution in [0.25, 0.3) is 0 Å². The minimum absolute atomic E-state index is 0.158. The molecule has 3 N–H and O–H groups in total. The van der Waals surface area contributed by atoms with Gasteiger partial charge in [0.1, 0.15) is 12.6 Å². The number of halogens is 1. The van der Waals surface area contributed by atoms with Gasteiger partial charge in [-0.15, -0.1) is 0 Å². The molecule has 1 aromatic carbocycles. The first-order chi connectivity index (χ1) is 11.7. The topological polar surface area (TPSA) is 98.7 Å². The average Bonchev–Trinajstić information content (AvgIpc) is 2.53. The number of urea groups is 1. The van der Waals surface area contributed by atoms with Gasteiger partial charge in [-0.25, -0.2) is 4.79 Å². The van der Waals surface area contributed by atoms with E-state index in [-0.39, 0.29) is 19.0 Å². The van der Waals surface area contributed by atoms with Crippen LogP contribution >= 0.6 is 15.9 Å². The summed E-state index contributed by atoms with van der Waals surface area (Å²) in [5.41, 5.74) is 0.592. The summed E-state index contributed by atoms with van der Waals surface area (Å²) in [5.74, 6) is -1.33. The minimum atomic E-state index is -1.09. The maximum atomic E-state index is 12.6. The number of amides is 3. The van der Waals surface area contributed by atoms with E-state index in [1.165, 1.54) is 4.90 Å². The summed E-state index contributed by atoms with van der Waals surface area (Å²) in [6.07, 6.45) is 0.419. The van der Waals surface area contributed by atoms with Crippen LogP contribution in [0, 0.1) is 5.92 Å². The lowest BCUT2D eigenvalue weighted by atomic mass is 10.0. The van der Waals surface area contributed by atoms with Crippen molar-refractivity contribution in [2.24, 2.45) is 5.92 Å². The van der Waals surface area contributed by atoms with E-state index >= 15 is 0 Å². The number of nitrogens with one attached hydrogen (secondary N) is 2. The monoisotopic (exact) mass is 413 g/mol. The first kappa shape index (κ1) is 21.0. The van der Waals surface area contributed by atoms with E-state index < -0.39 is 23.9 Å². The Morgan fingerprint density at radius 2 is 1.80 bits per heavy atom. The number of hydrogen-bond donors (Lipinski definition) is 3. The molecular weight excluding hydrogens is 390 g/mol. The van der Waals surface area contributed by atoms with Gasteiger partial charge in [0.2, 0.25) is 5.91 Å². The van der Waals surface area contributed by atoms with Crippen molar-refractivity contribution < 1.29 is 19.5 Å². The number of carbonyl (C=O) groups excluding carboxylic acids is 2. The number of likely N-dealkylation sites (N-methyl/N-ethyl adjacent to an activating group) is 1. The van der Waals surface area contributed by atoms with Crippen LogP contribution in [0.4, 0.5) is 10.5 Å². The Hall–Kier alpha value is -2.09. The van der Waals surface area contributed by atoms with Crippen LogP contribution in [-0.2, 0) is 9.59 Å². The minimum Gasteiger partial charge on any atom is -0.480 e. The number of aliphatic carboxylic acids is 1. The lowest BCUT2D eigenvalue weighted by Gasteiger charge is -2.26. The number of hydrogen-bond acceptors (Lipinski definition) is 3. The highest BCUT2D eigenvalue weighted by Crippen LogP contribution is 2.14. The molecule has 1 atom stereocenters. The molecule has 0 heterocycles. The molecule has 138 valence electrons. The first-order valence-electron chi connectivity index (χ1n) is 8.06. The maximum Gasteiger partial charge on any atom is 0.323 e. The molecule has 0 aromatic heterocycles. The molecular formula is C17H24BrN3O4. The van der Waals surface area contributed by atoms with Crippen molar-refractivity contribution in [2.75, 3.05) is 18.4 Å². The second-order valence-electron chi connectivity index (χ2n) is 6.03. The van der Waals surface area contributed by atoms with Gasteiger partial charge in [0, 0.05) is 16.7 Å². The molecule has 0 saturated heterocycles. The molecule has 0 aliphatic rings. The predicted molar refractivity (Wildman–Crippen MR) is 99.4 cm³/mol. The van der Waals surface area contributed by atoms with Crippen molar-refractivity contribution in [3.8, 4) is 0 Å². The molecule has 0 saturated carbocycles. The highest BCUT2D eigenvalue weighted by atomic mass is 79.9. The average molecular weight is 414 g/mol. The third-order valence-electron chi connectivity index (χ3n) is 3.43. The summed E-state index contributed by atoms with van der Waals surface area (Å²) >= 11 is 3.32. The van der Waals surface area contributed by atoms with Crippen LogP contribution in [0.3, 0.4) is 0 Å². The molecule has 0 radical (unpaired) electrons. The number of anilines is 1. The van der Waals surface area contributed by atoms with E-state index in [0.29, 0.717) is 12.1 Å². The first-order valence-corrected chi connectivity index (χ1v) is 8.85. The van der Waals surface area contributed by atoms with Crippen molar-refractivity contribution >= 4 is 39.5 Å². The molecule has 1 rings (SSSR count). The Balaban J connectivity index is 2.79. The molecule has 0 spiro atoms. The summed E-state index contributed by atoms with van der Waals surface area (Å²) in [4.78, 5) is 36.9. The fourth-order valence-electron chi connectivity index (χ4n) is 2.28. The fourth-order valence-corrected chi connectivity index (χ4v) is 2.55. The highest BCUT2D eigenvalue weighted by Gasteiger charge is 2.27. The molecule has 1 aromatic rings. The molecule has 8 heteroatoms. The van der Waals surface area contributed by atoms with Gasteiger partial charge in [-0.05, 0) is 43.5 Å². The van der Waals surface area contributed by atoms with Crippen molar-refractivity contribution in [2.45, 2.75) is 33.2 Å². The lowest BCUT2D eigenvalue weighted by Crippen LogP contribution is -2.51. The highest BCUT2D eigenvalue weighted by molar-refractivity contribution is 9.10. The van der Waals surface area contributed by atoms with E-state index in [0.717, 1.165) is 4.47 Å². The molecule has 0 bridgehead atoms. The smallest absolute Gasteiger partial charge is 0.323 e. The molecule has 25 heavy (non-hydrogen) atoms. The Bertz CT molecular complexity index is 604. The summed E-state index contributed by atoms with van der Waals surface area (Å²) in [6, 6.07) is 5.75. The fraction of sp³-hybridized carbons (Fsp3) is 0.471. The second kappa shape index (κ2) is 10.0. The number of carboxylic acid groups (broad SMARTS) is 1. The van der Waals surface area contributed by atoms with Gasteiger partial charge in [-0.2, -0.15) is 0 Å². The van der Waals surface area contributed by atoms with Gasteiger partial charge in [-0.1, -0.05) is 29.8 Å². The third kappa shape index (κ3) is 7.55. The lowest BCUT2D eigenvalue weighted by molar-refractivity contribution is -0.145. The standard InChI is InChI=1S/C17H24BrN3O4/c1-4-21(10-15(22)23)16(24)14(9-11(2)3)20-17(25)19-13-7-5-12(18)6-8-13/h5-8,11,14H,4,9-10H2,1-3H3,(H,22,23)(H2,19,20,25)/t14-/m0/s1. The summed E-state index contributed by atoms with van der Waals surface area (Å²) in [6.45, 7) is 5.44. The van der Waals surface area contributed by atoms with Crippen molar-refractivity contribution in [3.63, 3.8) is 0 Å². The van der Waals surface area contributed by atoms with Gasteiger partial charge in [0.05, 0.1) is 0 Å². The molecule has 0 aliphatic heterocycles. The summed E-state index contributed by atoms with van der Waals surface area (Å²) < 4.78 is 0.888. The largest absolute Gasteiger partial charge is 0.480 e. The zero-order valence-electron chi connectivity index (χ0n) is 14.6. The maximum absolute atomic E-state index is 12.6. The number of benzene rings is 1. The molecule has 0 aliphatic carbocycles. The van der Waals surface area contributed by atoms with Gasteiger partial charge in [0.25, 0.3) is 0 Å². The normalized spacial score (nSPS) is 11.7. The van der Waals surface area contributed by atoms with Crippen LogP contribution in [0.1, 0.15) is 27.2 Å². The van der Waals surface area contributed by atoms with E-state index in [4.69, 9.17) is 5.11 Å². The van der Waals surface area contributed by atoms with E-state index in [1.807, 2.05) is 13.8 Å². The van der Waals surface area contributed by atoms with E-state index in [2.05, 4.69) is 26.6 Å². The Kier molecular flexibility index (Phi) is 8.40. The second-order valence-corrected chi connectivity index (χ2v) is 6.95. The molecule has 0 fully saturated rings. The Morgan fingerprint density at radius 3 is 2.28 bits per heavy atom. The summed E-state index contributed by atoms with van der Waals surface area (Å²) in [5, 5.41) is 14.3. The molecule has 3 amide bonds. The van der Waals surface area contributed by atoms with Crippen LogP contribution < -0.4 is 10.6 Å². The molecule has 0 unspecified atom stereocenters. The van der Waals surface area contributed by atoms with Gasteiger partial charge >= 0.3 is 12.0 Å². The van der Waals surface area contributed by atoms with Crippen LogP contribution in [0.2, 0.25) is 0 Å². The van der Waals surface area contributed by atoms with Gasteiger partial charge in [-0.3, -0.25) is 9.59 Å². The van der Waals surface area contributed by atoms with E-state index in [1.54, 1.807) is 31.2 Å². The number of carbonyl (C=O) groups is 3. The van der Waals surface area contributed by atoms with E-state index in [9.17, 15) is 14.4 Å². The number of carboxylic acids is 1. The van der Waals surface area contributed by atoms with Gasteiger partial charge < -0.3 is 20.6 Å². The van der Waals surface area contributed by atoms with Crippen LogP contribution in [0.15, 0.2) is 28.7 Å². The Labute approximate surface area is 155 Å². The zero-order valence-corrected chi connectivity index (χ0v) is 16.2. The number of rotatable bonds is 8. The summed E-state index contributed by atoms with van der Waals surface area (Å²) in [7, 11) is 0. The van der Waals surface area contributed by atoms with Gasteiger partial charge in [0.15, 0.2) is 0 Å².